The van der Waals surface area contributed by atoms with E-state index in [1.54, 1.807) is 25.3 Å². The van der Waals surface area contributed by atoms with Crippen LogP contribution in [0.4, 0.5) is 15.9 Å². The Balaban J connectivity index is 1.88. The van der Waals surface area contributed by atoms with Crippen LogP contribution in [-0.4, -0.2) is 16.5 Å². The van der Waals surface area contributed by atoms with Gasteiger partial charge in [0.2, 0.25) is 0 Å². The highest BCUT2D eigenvalue weighted by Crippen LogP contribution is 2.34. The van der Waals surface area contributed by atoms with Crippen LogP contribution in [-0.2, 0) is 0 Å². The van der Waals surface area contributed by atoms with E-state index >= 15 is 0 Å². The summed E-state index contributed by atoms with van der Waals surface area (Å²) in [6.45, 7) is 0. The molecule has 4 rings (SSSR count). The molecule has 0 saturated heterocycles. The maximum absolute atomic E-state index is 13.9. The molecule has 0 saturated carbocycles. The van der Waals surface area contributed by atoms with E-state index in [9.17, 15) is 4.39 Å². The van der Waals surface area contributed by atoms with Gasteiger partial charge in [-0.05, 0) is 36.4 Å². The van der Waals surface area contributed by atoms with Crippen molar-refractivity contribution in [2.75, 3.05) is 7.11 Å². The molecule has 2 aromatic heterocycles. The minimum absolute atomic E-state index is 0.176. The molecule has 6 heteroatoms. The molecule has 5 nitrogen and oxygen atoms in total. The SMILES string of the molecule is COc1cccc(-c2nc3ccccn3c2N=Nc2ccccc2F)c1. The number of nitrogens with zero attached hydrogens (tertiary/aromatic N) is 4. The lowest BCUT2D eigenvalue weighted by molar-refractivity contribution is 0.415. The van der Waals surface area contributed by atoms with Crippen molar-refractivity contribution in [3.05, 3.63) is 78.7 Å². The van der Waals surface area contributed by atoms with Crippen LogP contribution < -0.4 is 4.74 Å². The van der Waals surface area contributed by atoms with Crippen molar-refractivity contribution in [1.29, 1.82) is 0 Å². The summed E-state index contributed by atoms with van der Waals surface area (Å²) in [5.41, 5.74) is 2.40. The molecule has 0 aliphatic heterocycles. The zero-order valence-electron chi connectivity index (χ0n) is 14.0. The quantitative estimate of drug-likeness (QED) is 0.454. The van der Waals surface area contributed by atoms with Crippen LogP contribution in [0, 0.1) is 5.82 Å². The Bertz CT molecular complexity index is 1100. The Morgan fingerprint density at radius 3 is 2.65 bits per heavy atom. The molecular formula is C20H15FN4O. The third kappa shape index (κ3) is 2.93. The van der Waals surface area contributed by atoms with Gasteiger partial charge < -0.3 is 4.74 Å². The summed E-state index contributed by atoms with van der Waals surface area (Å²) < 4.78 is 21.0. The fourth-order valence-electron chi connectivity index (χ4n) is 2.68. The first-order valence-electron chi connectivity index (χ1n) is 8.04. The molecule has 0 atom stereocenters. The zero-order chi connectivity index (χ0) is 17.9. The Hall–Kier alpha value is -3.54. The minimum Gasteiger partial charge on any atom is -0.497 e. The van der Waals surface area contributed by atoms with E-state index in [0.717, 1.165) is 17.0 Å². The summed E-state index contributed by atoms with van der Waals surface area (Å²) in [7, 11) is 1.61. The Morgan fingerprint density at radius 2 is 1.81 bits per heavy atom. The molecule has 0 amide bonds. The molecule has 0 N–H and O–H groups in total. The summed E-state index contributed by atoms with van der Waals surface area (Å²) in [4.78, 5) is 4.65. The number of pyridine rings is 1. The number of azo groups is 1. The predicted molar refractivity (Wildman–Crippen MR) is 97.8 cm³/mol. The van der Waals surface area contributed by atoms with Crippen molar-refractivity contribution in [1.82, 2.24) is 9.38 Å². The third-order valence-electron chi connectivity index (χ3n) is 3.95. The smallest absolute Gasteiger partial charge is 0.187 e. The van der Waals surface area contributed by atoms with Crippen molar-refractivity contribution >= 4 is 17.2 Å². The van der Waals surface area contributed by atoms with Gasteiger partial charge in [0.25, 0.3) is 0 Å². The minimum atomic E-state index is -0.423. The van der Waals surface area contributed by atoms with Gasteiger partial charge in [-0.1, -0.05) is 30.3 Å². The number of ether oxygens (including phenoxy) is 1. The lowest BCUT2D eigenvalue weighted by Crippen LogP contribution is -1.84. The molecule has 0 unspecified atom stereocenters. The van der Waals surface area contributed by atoms with Gasteiger partial charge in [-0.2, -0.15) is 0 Å². The van der Waals surface area contributed by atoms with Gasteiger partial charge in [-0.25, -0.2) is 9.37 Å². The second-order valence-corrected chi connectivity index (χ2v) is 5.60. The molecule has 0 radical (unpaired) electrons. The molecule has 4 aromatic rings. The summed E-state index contributed by atoms with van der Waals surface area (Å²) in [6, 6.07) is 19.5. The van der Waals surface area contributed by atoms with Crippen molar-refractivity contribution in [2.45, 2.75) is 0 Å². The summed E-state index contributed by atoms with van der Waals surface area (Å²) in [5.74, 6) is 0.821. The fourth-order valence-corrected chi connectivity index (χ4v) is 2.68. The van der Waals surface area contributed by atoms with E-state index in [2.05, 4.69) is 15.2 Å². The van der Waals surface area contributed by atoms with Crippen molar-refractivity contribution in [2.24, 2.45) is 10.2 Å². The van der Waals surface area contributed by atoms with E-state index in [-0.39, 0.29) is 5.69 Å². The topological polar surface area (TPSA) is 51.2 Å². The highest BCUT2D eigenvalue weighted by Gasteiger charge is 2.14. The predicted octanol–water partition coefficient (Wildman–Crippen LogP) is 5.56. The van der Waals surface area contributed by atoms with Gasteiger partial charge in [-0.3, -0.25) is 4.40 Å². The molecule has 0 fully saturated rings. The molecule has 128 valence electrons. The third-order valence-corrected chi connectivity index (χ3v) is 3.95. The number of methoxy groups -OCH3 is 1. The molecule has 0 aliphatic rings. The maximum atomic E-state index is 13.9. The van der Waals surface area contributed by atoms with Crippen molar-refractivity contribution in [3.8, 4) is 17.0 Å². The summed E-state index contributed by atoms with van der Waals surface area (Å²) in [5, 5.41) is 8.39. The number of imidazole rings is 1. The first-order chi connectivity index (χ1) is 12.8. The lowest BCUT2D eigenvalue weighted by atomic mass is 10.1. The highest BCUT2D eigenvalue weighted by atomic mass is 19.1. The average Bonchev–Trinajstić information content (AvgIpc) is 3.06. The Morgan fingerprint density at radius 1 is 0.962 bits per heavy atom. The van der Waals surface area contributed by atoms with Crippen LogP contribution in [0.2, 0.25) is 0 Å². The van der Waals surface area contributed by atoms with Crippen molar-refractivity contribution < 1.29 is 9.13 Å². The second kappa shape index (κ2) is 6.76. The maximum Gasteiger partial charge on any atom is 0.187 e. The van der Waals surface area contributed by atoms with E-state index in [4.69, 9.17) is 4.74 Å². The standard InChI is InChI=1S/C20H15FN4O/c1-26-15-8-6-7-14(13-15)19-20(25-12-5-4-11-18(25)22-19)24-23-17-10-3-2-9-16(17)21/h2-13H,1H3. The first-order valence-corrected chi connectivity index (χ1v) is 8.04. The first kappa shape index (κ1) is 16.0. The van der Waals surface area contributed by atoms with Gasteiger partial charge in [0.1, 0.15) is 22.8 Å². The molecule has 2 aromatic carbocycles. The fraction of sp³-hybridized carbons (Fsp3) is 0.0500. The largest absolute Gasteiger partial charge is 0.497 e. The van der Waals surface area contributed by atoms with Crippen LogP contribution in [0.5, 0.6) is 5.75 Å². The summed E-state index contributed by atoms with van der Waals surface area (Å²) >= 11 is 0. The summed E-state index contributed by atoms with van der Waals surface area (Å²) in [6.07, 6.45) is 1.85. The Kier molecular flexibility index (Phi) is 4.15. The number of hydrogen-bond acceptors (Lipinski definition) is 4. The van der Waals surface area contributed by atoms with Gasteiger partial charge in [0, 0.05) is 11.8 Å². The number of halogens is 1. The second-order valence-electron chi connectivity index (χ2n) is 5.60. The normalized spacial score (nSPS) is 11.3. The van der Waals surface area contributed by atoms with Gasteiger partial charge in [0.05, 0.1) is 7.11 Å². The van der Waals surface area contributed by atoms with Crippen LogP contribution >= 0.6 is 0 Å². The lowest BCUT2D eigenvalue weighted by Gasteiger charge is -2.03. The number of benzene rings is 2. The van der Waals surface area contributed by atoms with Crippen molar-refractivity contribution in [3.63, 3.8) is 0 Å². The van der Waals surface area contributed by atoms with Crippen LogP contribution in [0.1, 0.15) is 0 Å². The molecule has 26 heavy (non-hydrogen) atoms. The number of rotatable bonds is 4. The highest BCUT2D eigenvalue weighted by molar-refractivity contribution is 5.75. The molecule has 2 heterocycles. The Labute approximate surface area is 149 Å². The number of hydrogen-bond donors (Lipinski definition) is 0. The zero-order valence-corrected chi connectivity index (χ0v) is 14.0. The number of fused-ring (bicyclic) bond motifs is 1. The molecule has 0 spiro atoms. The molecule has 0 bridgehead atoms. The van der Waals surface area contributed by atoms with Crippen LogP contribution in [0.25, 0.3) is 16.9 Å². The van der Waals surface area contributed by atoms with Crippen LogP contribution in [0.3, 0.4) is 0 Å². The van der Waals surface area contributed by atoms with E-state index in [1.807, 2.05) is 53.1 Å². The van der Waals surface area contributed by atoms with E-state index in [0.29, 0.717) is 11.5 Å². The van der Waals surface area contributed by atoms with Gasteiger partial charge in [-0.15, -0.1) is 10.2 Å². The number of aromatic nitrogens is 2. The molecular weight excluding hydrogens is 331 g/mol. The van der Waals surface area contributed by atoms with E-state index in [1.165, 1.54) is 6.07 Å². The van der Waals surface area contributed by atoms with Gasteiger partial charge >= 0.3 is 0 Å². The monoisotopic (exact) mass is 346 g/mol. The van der Waals surface area contributed by atoms with E-state index < -0.39 is 5.82 Å². The van der Waals surface area contributed by atoms with Crippen LogP contribution in [0.15, 0.2) is 83.2 Å². The van der Waals surface area contributed by atoms with Gasteiger partial charge in [0.15, 0.2) is 11.6 Å². The molecule has 0 aliphatic carbocycles. The average molecular weight is 346 g/mol.